The Balaban J connectivity index is 1.76. The largest absolute Gasteiger partial charge is 0.383 e. The first-order chi connectivity index (χ1) is 14.1. The van der Waals surface area contributed by atoms with Gasteiger partial charge in [0, 0.05) is 23.7 Å². The molecule has 0 radical (unpaired) electrons. The SMILES string of the molecule is Nc1c2c(-c3ccc(Cl)cc3)nc(N3CCCC3)nc2nn1-c1cccc(F)c1. The van der Waals surface area contributed by atoms with Crippen molar-refractivity contribution in [3.8, 4) is 16.9 Å². The Morgan fingerprint density at radius 1 is 1.00 bits per heavy atom. The van der Waals surface area contributed by atoms with Crippen molar-refractivity contribution < 1.29 is 4.39 Å². The summed E-state index contributed by atoms with van der Waals surface area (Å²) in [7, 11) is 0. The Kier molecular flexibility index (Phi) is 4.32. The van der Waals surface area contributed by atoms with Gasteiger partial charge in [0.25, 0.3) is 0 Å². The summed E-state index contributed by atoms with van der Waals surface area (Å²) in [5.41, 5.74) is 9.02. The second-order valence-electron chi connectivity index (χ2n) is 7.05. The number of fused-ring (bicyclic) bond motifs is 1. The molecule has 0 spiro atoms. The van der Waals surface area contributed by atoms with Crippen molar-refractivity contribution in [1.29, 1.82) is 0 Å². The minimum absolute atomic E-state index is 0.358. The average Bonchev–Trinajstić information content (AvgIpc) is 3.37. The lowest BCUT2D eigenvalue weighted by atomic mass is 10.1. The van der Waals surface area contributed by atoms with E-state index in [-0.39, 0.29) is 5.82 Å². The molecule has 5 rings (SSSR count). The summed E-state index contributed by atoms with van der Waals surface area (Å²) in [4.78, 5) is 11.7. The van der Waals surface area contributed by atoms with E-state index in [1.807, 2.05) is 24.3 Å². The van der Waals surface area contributed by atoms with E-state index in [0.29, 0.717) is 39.2 Å². The third-order valence-electron chi connectivity index (χ3n) is 5.12. The summed E-state index contributed by atoms with van der Waals surface area (Å²) in [5.74, 6) is 0.635. The van der Waals surface area contributed by atoms with Gasteiger partial charge in [0.05, 0.1) is 16.8 Å². The molecule has 2 aromatic carbocycles. The summed E-state index contributed by atoms with van der Waals surface area (Å²) >= 11 is 6.06. The third kappa shape index (κ3) is 3.17. The van der Waals surface area contributed by atoms with Crippen LogP contribution >= 0.6 is 11.6 Å². The van der Waals surface area contributed by atoms with Crippen LogP contribution in [0, 0.1) is 5.82 Å². The van der Waals surface area contributed by atoms with Gasteiger partial charge in [-0.05, 0) is 43.2 Å². The van der Waals surface area contributed by atoms with Crippen molar-refractivity contribution in [3.63, 3.8) is 0 Å². The van der Waals surface area contributed by atoms with E-state index in [4.69, 9.17) is 22.3 Å². The van der Waals surface area contributed by atoms with E-state index >= 15 is 0 Å². The molecule has 2 N–H and O–H groups in total. The lowest BCUT2D eigenvalue weighted by Gasteiger charge is -2.16. The maximum absolute atomic E-state index is 13.8. The molecule has 6 nitrogen and oxygen atoms in total. The summed E-state index contributed by atoms with van der Waals surface area (Å²) in [5, 5.41) is 5.86. The Labute approximate surface area is 171 Å². The number of nitrogens with two attached hydrogens (primary N) is 1. The van der Waals surface area contributed by atoms with Crippen LogP contribution in [0.1, 0.15) is 12.8 Å². The molecule has 0 saturated carbocycles. The molecule has 4 aromatic rings. The van der Waals surface area contributed by atoms with Gasteiger partial charge in [-0.15, -0.1) is 5.10 Å². The summed E-state index contributed by atoms with van der Waals surface area (Å²) < 4.78 is 15.3. The van der Waals surface area contributed by atoms with Crippen LogP contribution in [-0.2, 0) is 0 Å². The molecule has 0 amide bonds. The van der Waals surface area contributed by atoms with Gasteiger partial charge >= 0.3 is 0 Å². The number of aromatic nitrogens is 4. The zero-order valence-electron chi connectivity index (χ0n) is 15.5. The highest BCUT2D eigenvalue weighted by atomic mass is 35.5. The van der Waals surface area contributed by atoms with E-state index in [1.165, 1.54) is 16.8 Å². The molecule has 0 bridgehead atoms. The van der Waals surface area contributed by atoms with E-state index < -0.39 is 0 Å². The van der Waals surface area contributed by atoms with E-state index in [0.717, 1.165) is 31.5 Å². The number of nitrogens with zero attached hydrogens (tertiary/aromatic N) is 5. The van der Waals surface area contributed by atoms with Crippen molar-refractivity contribution in [1.82, 2.24) is 19.7 Å². The van der Waals surface area contributed by atoms with Crippen LogP contribution < -0.4 is 10.6 Å². The molecule has 29 heavy (non-hydrogen) atoms. The first-order valence-corrected chi connectivity index (χ1v) is 9.81. The molecule has 1 aliphatic heterocycles. The molecule has 0 atom stereocenters. The lowest BCUT2D eigenvalue weighted by Crippen LogP contribution is -2.20. The van der Waals surface area contributed by atoms with E-state index in [1.54, 1.807) is 12.1 Å². The molecule has 2 aromatic heterocycles. The van der Waals surface area contributed by atoms with Crippen LogP contribution in [0.15, 0.2) is 48.5 Å². The fourth-order valence-electron chi connectivity index (χ4n) is 3.68. The fourth-order valence-corrected chi connectivity index (χ4v) is 3.81. The number of benzene rings is 2. The number of hydrogen-bond acceptors (Lipinski definition) is 5. The first-order valence-electron chi connectivity index (χ1n) is 9.43. The van der Waals surface area contributed by atoms with E-state index in [2.05, 4.69) is 15.0 Å². The average molecular weight is 409 g/mol. The van der Waals surface area contributed by atoms with Crippen molar-refractivity contribution >= 4 is 34.4 Å². The Bertz CT molecular complexity index is 1200. The predicted octanol–water partition coefficient (Wildman–Crippen LogP) is 4.46. The van der Waals surface area contributed by atoms with E-state index in [9.17, 15) is 4.39 Å². The molecule has 1 aliphatic rings. The smallest absolute Gasteiger partial charge is 0.228 e. The van der Waals surface area contributed by atoms with Gasteiger partial charge in [-0.25, -0.2) is 14.1 Å². The standard InChI is InChI=1S/C21H18ClFN6/c22-14-8-6-13(7-9-14)18-17-19(24)29(16-5-3-4-15(23)12-16)27-20(17)26-21(25-18)28-10-1-2-11-28/h3-9,12H,1-2,10-11,24H2. The maximum atomic E-state index is 13.8. The minimum Gasteiger partial charge on any atom is -0.383 e. The predicted molar refractivity (Wildman–Crippen MR) is 113 cm³/mol. The first kappa shape index (κ1) is 17.9. The van der Waals surface area contributed by atoms with Gasteiger partial charge in [-0.1, -0.05) is 29.8 Å². The molecule has 0 aliphatic carbocycles. The molecular weight excluding hydrogens is 391 g/mol. The second-order valence-corrected chi connectivity index (χ2v) is 7.49. The van der Waals surface area contributed by atoms with Crippen LogP contribution in [0.3, 0.4) is 0 Å². The van der Waals surface area contributed by atoms with Gasteiger partial charge in [-0.3, -0.25) is 0 Å². The number of halogens is 2. The van der Waals surface area contributed by atoms with Crippen LogP contribution in [-0.4, -0.2) is 32.8 Å². The monoisotopic (exact) mass is 408 g/mol. The molecule has 0 unspecified atom stereocenters. The highest BCUT2D eigenvalue weighted by Crippen LogP contribution is 2.34. The van der Waals surface area contributed by atoms with Crippen molar-refractivity contribution in [3.05, 3.63) is 59.4 Å². The lowest BCUT2D eigenvalue weighted by molar-refractivity contribution is 0.625. The van der Waals surface area contributed by atoms with Gasteiger partial charge in [0.2, 0.25) is 5.95 Å². The Hall–Kier alpha value is -3.19. The van der Waals surface area contributed by atoms with Crippen LogP contribution in [0.25, 0.3) is 28.0 Å². The van der Waals surface area contributed by atoms with Crippen LogP contribution in [0.4, 0.5) is 16.2 Å². The van der Waals surface area contributed by atoms with Crippen molar-refractivity contribution in [2.24, 2.45) is 0 Å². The summed E-state index contributed by atoms with van der Waals surface area (Å²) in [6.45, 7) is 1.82. The quantitative estimate of drug-likeness (QED) is 0.542. The zero-order valence-corrected chi connectivity index (χ0v) is 16.3. The third-order valence-corrected chi connectivity index (χ3v) is 5.37. The minimum atomic E-state index is -0.358. The van der Waals surface area contributed by atoms with Crippen LogP contribution in [0.2, 0.25) is 5.02 Å². The highest BCUT2D eigenvalue weighted by molar-refractivity contribution is 6.30. The topological polar surface area (TPSA) is 72.9 Å². The number of anilines is 2. The maximum Gasteiger partial charge on any atom is 0.228 e. The number of rotatable bonds is 3. The molecule has 8 heteroatoms. The Morgan fingerprint density at radius 2 is 1.76 bits per heavy atom. The molecule has 146 valence electrons. The van der Waals surface area contributed by atoms with Crippen molar-refractivity contribution in [2.75, 3.05) is 23.7 Å². The van der Waals surface area contributed by atoms with Gasteiger partial charge in [0.15, 0.2) is 5.65 Å². The fraction of sp³-hybridized carbons (Fsp3) is 0.190. The molecule has 1 fully saturated rings. The molecule has 3 heterocycles. The summed E-state index contributed by atoms with van der Waals surface area (Å²) in [6, 6.07) is 13.6. The van der Waals surface area contributed by atoms with Crippen molar-refractivity contribution in [2.45, 2.75) is 12.8 Å². The van der Waals surface area contributed by atoms with Gasteiger partial charge in [0.1, 0.15) is 11.6 Å². The molecular formula is C21H18ClFN6. The zero-order chi connectivity index (χ0) is 20.0. The number of nitrogen functional groups attached to an aromatic ring is 1. The Morgan fingerprint density at radius 3 is 2.48 bits per heavy atom. The summed E-state index contributed by atoms with van der Waals surface area (Å²) in [6.07, 6.45) is 2.22. The van der Waals surface area contributed by atoms with Crippen LogP contribution in [0.5, 0.6) is 0 Å². The highest BCUT2D eigenvalue weighted by Gasteiger charge is 2.22. The number of hydrogen-bond donors (Lipinski definition) is 1. The van der Waals surface area contributed by atoms with Gasteiger partial charge in [-0.2, -0.15) is 4.98 Å². The van der Waals surface area contributed by atoms with Gasteiger partial charge < -0.3 is 10.6 Å². The normalized spacial score (nSPS) is 14.1. The second kappa shape index (κ2) is 7.00. The molecule has 1 saturated heterocycles.